The zero-order chi connectivity index (χ0) is 15.4. The molecule has 0 aromatic carbocycles. The second-order valence-electron chi connectivity index (χ2n) is 6.40. The minimum absolute atomic E-state index is 0.286. The second-order valence-corrected chi connectivity index (χ2v) is 6.40. The fourth-order valence-corrected chi connectivity index (χ4v) is 2.71. The van der Waals surface area contributed by atoms with Gasteiger partial charge in [0.15, 0.2) is 0 Å². The van der Waals surface area contributed by atoms with Gasteiger partial charge >= 0.3 is 0 Å². The molecule has 0 aliphatic carbocycles. The van der Waals surface area contributed by atoms with Crippen LogP contribution in [0.4, 0.5) is 11.6 Å². The van der Waals surface area contributed by atoms with Gasteiger partial charge in [-0.05, 0) is 38.9 Å². The van der Waals surface area contributed by atoms with Gasteiger partial charge < -0.3 is 15.2 Å². The lowest BCUT2D eigenvalue weighted by molar-refractivity contribution is 0.222. The molecule has 1 aromatic heterocycles. The molecule has 0 spiro atoms. The van der Waals surface area contributed by atoms with Crippen molar-refractivity contribution in [2.75, 3.05) is 44.1 Å². The van der Waals surface area contributed by atoms with Crippen LogP contribution in [0.3, 0.4) is 0 Å². The Morgan fingerprint density at radius 2 is 2.05 bits per heavy atom. The molecule has 3 N–H and O–H groups in total. The zero-order valence-corrected chi connectivity index (χ0v) is 13.6. The van der Waals surface area contributed by atoms with Gasteiger partial charge in [0.2, 0.25) is 0 Å². The third-order valence-electron chi connectivity index (χ3n) is 4.16. The number of nitrogen functional groups attached to an aromatic ring is 1. The first-order chi connectivity index (χ1) is 9.99. The number of piperidine rings is 1. The summed E-state index contributed by atoms with van der Waals surface area (Å²) in [6.07, 6.45) is 2.51. The summed E-state index contributed by atoms with van der Waals surface area (Å²) < 4.78 is 0. The van der Waals surface area contributed by atoms with Crippen LogP contribution in [0.5, 0.6) is 0 Å². The van der Waals surface area contributed by atoms with Gasteiger partial charge in [-0.1, -0.05) is 13.8 Å². The molecule has 1 saturated heterocycles. The van der Waals surface area contributed by atoms with E-state index in [4.69, 9.17) is 5.84 Å². The largest absolute Gasteiger partial charge is 0.359 e. The van der Waals surface area contributed by atoms with Crippen molar-refractivity contribution in [1.29, 1.82) is 0 Å². The van der Waals surface area contributed by atoms with E-state index < -0.39 is 0 Å². The smallest absolute Gasteiger partial charge is 0.145 e. The van der Waals surface area contributed by atoms with Gasteiger partial charge in [-0.2, -0.15) is 0 Å². The van der Waals surface area contributed by atoms with Crippen LogP contribution in [-0.2, 0) is 0 Å². The van der Waals surface area contributed by atoms with Gasteiger partial charge in [-0.3, -0.25) is 0 Å². The Hall–Kier alpha value is -1.40. The van der Waals surface area contributed by atoms with Crippen molar-refractivity contribution in [3.05, 3.63) is 11.9 Å². The molecule has 0 bridgehead atoms. The van der Waals surface area contributed by atoms with Crippen LogP contribution >= 0.6 is 0 Å². The van der Waals surface area contributed by atoms with E-state index in [1.165, 1.54) is 25.9 Å². The number of hydrogen-bond donors (Lipinski definition) is 2. The molecule has 6 nitrogen and oxygen atoms in total. The van der Waals surface area contributed by atoms with Crippen LogP contribution in [-0.4, -0.2) is 48.6 Å². The van der Waals surface area contributed by atoms with Gasteiger partial charge in [-0.25, -0.2) is 15.8 Å². The summed E-state index contributed by atoms with van der Waals surface area (Å²) in [6.45, 7) is 7.60. The Labute approximate surface area is 127 Å². The average Bonchev–Trinajstić information content (AvgIpc) is 2.49. The molecule has 118 valence electrons. The molecule has 1 aliphatic rings. The van der Waals surface area contributed by atoms with Crippen molar-refractivity contribution in [1.82, 2.24) is 14.9 Å². The van der Waals surface area contributed by atoms with E-state index in [2.05, 4.69) is 53.1 Å². The normalized spacial score (nSPS) is 17.2. The van der Waals surface area contributed by atoms with E-state index in [9.17, 15) is 0 Å². The lowest BCUT2D eigenvalue weighted by atomic mass is 9.97. The van der Waals surface area contributed by atoms with Gasteiger partial charge in [0, 0.05) is 25.6 Å². The highest BCUT2D eigenvalue weighted by Gasteiger charge is 2.19. The van der Waals surface area contributed by atoms with Gasteiger partial charge in [0.1, 0.15) is 17.5 Å². The Morgan fingerprint density at radius 1 is 1.38 bits per heavy atom. The zero-order valence-electron chi connectivity index (χ0n) is 13.6. The second kappa shape index (κ2) is 7.04. The fraction of sp³-hybridized carbons (Fsp3) is 0.733. The molecular weight excluding hydrogens is 264 g/mol. The van der Waals surface area contributed by atoms with Gasteiger partial charge in [0.05, 0.1) is 0 Å². The Balaban J connectivity index is 2.07. The summed E-state index contributed by atoms with van der Waals surface area (Å²) in [5.41, 5.74) is 2.64. The number of nitrogens with zero attached hydrogens (tertiary/aromatic N) is 4. The molecule has 6 heteroatoms. The molecule has 21 heavy (non-hydrogen) atoms. The number of hydrogen-bond acceptors (Lipinski definition) is 6. The number of hydrazine groups is 1. The summed E-state index contributed by atoms with van der Waals surface area (Å²) >= 11 is 0. The number of likely N-dealkylation sites (tertiary alicyclic amines) is 1. The summed E-state index contributed by atoms with van der Waals surface area (Å²) in [5, 5.41) is 0. The first kappa shape index (κ1) is 16.0. The highest BCUT2D eigenvalue weighted by Crippen LogP contribution is 2.22. The molecular formula is C15H28N6. The van der Waals surface area contributed by atoms with Gasteiger partial charge in [-0.15, -0.1) is 0 Å². The van der Waals surface area contributed by atoms with Gasteiger partial charge in [0.25, 0.3) is 0 Å². The highest BCUT2D eigenvalue weighted by atomic mass is 15.3. The molecule has 1 aromatic rings. The summed E-state index contributed by atoms with van der Waals surface area (Å²) in [5.74, 6) is 9.00. The molecule has 1 aliphatic heterocycles. The minimum Gasteiger partial charge on any atom is -0.359 e. The third-order valence-corrected chi connectivity index (χ3v) is 4.16. The third kappa shape index (κ3) is 4.28. The van der Waals surface area contributed by atoms with Crippen LogP contribution in [0.25, 0.3) is 0 Å². The predicted octanol–water partition coefficient (Wildman–Crippen LogP) is 1.66. The predicted molar refractivity (Wildman–Crippen MR) is 87.4 cm³/mol. The first-order valence-corrected chi connectivity index (χ1v) is 7.75. The standard InChI is InChI=1S/C15H28N6/c1-11(2)15-17-13(19-16)9-14(18-15)21(4)10-12-5-7-20(3)8-6-12/h9,11-12H,5-8,10,16H2,1-4H3,(H,17,18,19). The number of anilines is 2. The van der Waals surface area contributed by atoms with Crippen molar-refractivity contribution < 1.29 is 0 Å². The van der Waals surface area contributed by atoms with E-state index in [-0.39, 0.29) is 5.92 Å². The van der Waals surface area contributed by atoms with Crippen molar-refractivity contribution in [3.8, 4) is 0 Å². The first-order valence-electron chi connectivity index (χ1n) is 7.75. The molecule has 0 unspecified atom stereocenters. The van der Waals surface area contributed by atoms with Crippen LogP contribution in [0.1, 0.15) is 38.4 Å². The summed E-state index contributed by atoms with van der Waals surface area (Å²) in [7, 11) is 4.30. The van der Waals surface area contributed by atoms with Crippen LogP contribution in [0.15, 0.2) is 6.07 Å². The Morgan fingerprint density at radius 3 is 2.62 bits per heavy atom. The van der Waals surface area contributed by atoms with Crippen molar-refractivity contribution in [2.24, 2.45) is 11.8 Å². The van der Waals surface area contributed by atoms with E-state index in [0.717, 1.165) is 24.1 Å². The van der Waals surface area contributed by atoms with Crippen molar-refractivity contribution >= 4 is 11.6 Å². The number of rotatable bonds is 5. The van der Waals surface area contributed by atoms with Crippen molar-refractivity contribution in [2.45, 2.75) is 32.6 Å². The SMILES string of the molecule is CC(C)c1nc(NN)cc(N(C)CC2CCN(C)CC2)n1. The lowest BCUT2D eigenvalue weighted by Crippen LogP contribution is -2.36. The fourth-order valence-electron chi connectivity index (χ4n) is 2.71. The summed E-state index contributed by atoms with van der Waals surface area (Å²) in [6, 6.07) is 1.92. The maximum atomic E-state index is 5.52. The maximum Gasteiger partial charge on any atom is 0.145 e. The summed E-state index contributed by atoms with van der Waals surface area (Å²) in [4.78, 5) is 13.7. The van der Waals surface area contributed by atoms with Crippen molar-refractivity contribution in [3.63, 3.8) is 0 Å². The number of nitrogens with two attached hydrogens (primary N) is 1. The number of nitrogens with one attached hydrogen (secondary N) is 1. The molecule has 0 amide bonds. The van der Waals surface area contributed by atoms with Crippen LogP contribution < -0.4 is 16.2 Å². The topological polar surface area (TPSA) is 70.3 Å². The molecule has 0 radical (unpaired) electrons. The highest BCUT2D eigenvalue weighted by molar-refractivity contribution is 5.48. The monoisotopic (exact) mass is 292 g/mol. The Bertz CT molecular complexity index is 453. The average molecular weight is 292 g/mol. The maximum absolute atomic E-state index is 5.52. The van der Waals surface area contributed by atoms with E-state index in [0.29, 0.717) is 5.82 Å². The quantitative estimate of drug-likeness (QED) is 0.635. The molecule has 1 fully saturated rings. The Kier molecular flexibility index (Phi) is 5.36. The molecule has 2 heterocycles. The number of aromatic nitrogens is 2. The van der Waals surface area contributed by atoms with E-state index in [1.807, 2.05) is 6.07 Å². The van der Waals surface area contributed by atoms with Crippen LogP contribution in [0.2, 0.25) is 0 Å². The van der Waals surface area contributed by atoms with Crippen LogP contribution in [0, 0.1) is 5.92 Å². The lowest BCUT2D eigenvalue weighted by Gasteiger charge is -2.32. The minimum atomic E-state index is 0.286. The van der Waals surface area contributed by atoms with E-state index in [1.54, 1.807) is 0 Å². The molecule has 0 saturated carbocycles. The molecule has 2 rings (SSSR count). The molecule has 0 atom stereocenters. The van der Waals surface area contributed by atoms with E-state index >= 15 is 0 Å².